The van der Waals surface area contributed by atoms with Crippen LogP contribution in [0.2, 0.25) is 0 Å². The van der Waals surface area contributed by atoms with E-state index in [9.17, 15) is 19.2 Å². The fourth-order valence-corrected chi connectivity index (χ4v) is 5.54. The minimum absolute atomic E-state index is 0.116. The SMILES string of the molecule is O=C1CCC(N2C(=O)c3cccc(NC4CCN(CC5CCNCC5)CC4)c3C2=O)C(=O)N1. The van der Waals surface area contributed by atoms with Gasteiger partial charge in [-0.15, -0.1) is 0 Å². The quantitative estimate of drug-likeness (QED) is 0.570. The van der Waals surface area contributed by atoms with Crippen LogP contribution < -0.4 is 16.0 Å². The van der Waals surface area contributed by atoms with Gasteiger partial charge in [0.15, 0.2) is 0 Å². The predicted molar refractivity (Wildman–Crippen MR) is 122 cm³/mol. The maximum absolute atomic E-state index is 13.3. The standard InChI is InChI=1S/C24H31N5O4/c30-20-5-4-19(22(31)27-20)29-23(32)17-2-1-3-18(21(17)24(29)33)26-16-8-12-28(13-9-16)14-15-6-10-25-11-7-15/h1-3,15-16,19,25-26H,4-14H2,(H,27,30,31). The van der Waals surface area contributed by atoms with E-state index in [1.807, 2.05) is 6.07 Å². The fraction of sp³-hybridized carbons (Fsp3) is 0.583. The summed E-state index contributed by atoms with van der Waals surface area (Å²) < 4.78 is 0. The van der Waals surface area contributed by atoms with Crippen molar-refractivity contribution < 1.29 is 19.2 Å². The van der Waals surface area contributed by atoms with Crippen LogP contribution >= 0.6 is 0 Å². The second-order valence-electron chi connectivity index (χ2n) is 9.59. The summed E-state index contributed by atoms with van der Waals surface area (Å²) in [5.74, 6) is -1.12. The second kappa shape index (κ2) is 9.23. The molecule has 33 heavy (non-hydrogen) atoms. The number of likely N-dealkylation sites (tertiary alicyclic amines) is 1. The summed E-state index contributed by atoms with van der Waals surface area (Å²) in [5.41, 5.74) is 1.31. The molecular formula is C24H31N5O4. The Balaban J connectivity index is 1.24. The Bertz CT molecular complexity index is 966. The lowest BCUT2D eigenvalue weighted by atomic mass is 9.95. The largest absolute Gasteiger partial charge is 0.382 e. The first-order chi connectivity index (χ1) is 16.0. The number of nitrogens with zero attached hydrogens (tertiary/aromatic N) is 2. The molecule has 0 saturated carbocycles. The van der Waals surface area contributed by atoms with Gasteiger partial charge in [0.1, 0.15) is 6.04 Å². The molecule has 3 N–H and O–H groups in total. The normalized spacial score (nSPS) is 25.3. The van der Waals surface area contributed by atoms with Crippen LogP contribution in [0.1, 0.15) is 59.2 Å². The molecular weight excluding hydrogens is 422 g/mol. The zero-order valence-corrected chi connectivity index (χ0v) is 18.8. The lowest BCUT2D eigenvalue weighted by Crippen LogP contribution is -2.54. The van der Waals surface area contributed by atoms with Crippen LogP contribution in [-0.4, -0.2) is 78.2 Å². The van der Waals surface area contributed by atoms with Gasteiger partial charge in [-0.1, -0.05) is 6.07 Å². The summed E-state index contributed by atoms with van der Waals surface area (Å²) >= 11 is 0. The number of carbonyl (C=O) groups is 4. The Morgan fingerprint density at radius 1 is 0.939 bits per heavy atom. The third kappa shape index (κ3) is 4.39. The van der Waals surface area contributed by atoms with Crippen molar-refractivity contribution in [2.24, 2.45) is 5.92 Å². The van der Waals surface area contributed by atoms with E-state index < -0.39 is 23.8 Å². The van der Waals surface area contributed by atoms with Gasteiger partial charge in [0, 0.05) is 37.8 Å². The van der Waals surface area contributed by atoms with Crippen LogP contribution in [0.4, 0.5) is 5.69 Å². The van der Waals surface area contributed by atoms with Crippen LogP contribution in [0.3, 0.4) is 0 Å². The highest BCUT2D eigenvalue weighted by Crippen LogP contribution is 2.33. The minimum atomic E-state index is -0.943. The van der Waals surface area contributed by atoms with Gasteiger partial charge >= 0.3 is 0 Å². The smallest absolute Gasteiger partial charge is 0.264 e. The van der Waals surface area contributed by atoms with E-state index in [2.05, 4.69) is 20.9 Å². The van der Waals surface area contributed by atoms with Crippen LogP contribution in [0.5, 0.6) is 0 Å². The molecule has 5 rings (SSSR count). The highest BCUT2D eigenvalue weighted by atomic mass is 16.2. The Morgan fingerprint density at radius 2 is 1.70 bits per heavy atom. The molecule has 0 radical (unpaired) electrons. The number of rotatable bonds is 5. The van der Waals surface area contributed by atoms with Crippen molar-refractivity contribution in [3.05, 3.63) is 29.3 Å². The third-order valence-electron chi connectivity index (χ3n) is 7.39. The molecule has 1 unspecified atom stereocenters. The van der Waals surface area contributed by atoms with Crippen molar-refractivity contribution >= 4 is 29.3 Å². The molecule has 1 aromatic carbocycles. The van der Waals surface area contributed by atoms with E-state index in [1.54, 1.807) is 12.1 Å². The molecule has 3 fully saturated rings. The summed E-state index contributed by atoms with van der Waals surface area (Å²) in [7, 11) is 0. The number of amides is 4. The molecule has 0 spiro atoms. The molecule has 176 valence electrons. The number of hydrogen-bond donors (Lipinski definition) is 3. The Kier molecular flexibility index (Phi) is 6.16. The van der Waals surface area contributed by atoms with E-state index >= 15 is 0 Å². The number of hydrogen-bond acceptors (Lipinski definition) is 7. The van der Waals surface area contributed by atoms with Crippen LogP contribution in [-0.2, 0) is 9.59 Å². The average Bonchev–Trinajstić information content (AvgIpc) is 3.07. The lowest BCUT2D eigenvalue weighted by Gasteiger charge is -2.36. The molecule has 0 aliphatic carbocycles. The Hall–Kier alpha value is -2.78. The van der Waals surface area contributed by atoms with Crippen molar-refractivity contribution in [1.82, 2.24) is 20.4 Å². The fourth-order valence-electron chi connectivity index (χ4n) is 5.54. The van der Waals surface area contributed by atoms with Crippen molar-refractivity contribution in [1.29, 1.82) is 0 Å². The van der Waals surface area contributed by atoms with Gasteiger partial charge in [0.2, 0.25) is 11.8 Å². The zero-order valence-electron chi connectivity index (χ0n) is 18.8. The minimum Gasteiger partial charge on any atom is -0.382 e. The average molecular weight is 454 g/mol. The van der Waals surface area contributed by atoms with E-state index in [0.717, 1.165) is 56.4 Å². The van der Waals surface area contributed by atoms with E-state index in [-0.39, 0.29) is 24.8 Å². The lowest BCUT2D eigenvalue weighted by molar-refractivity contribution is -0.136. The molecule has 4 aliphatic heterocycles. The number of anilines is 1. The van der Waals surface area contributed by atoms with E-state index in [1.165, 1.54) is 12.8 Å². The van der Waals surface area contributed by atoms with Gasteiger partial charge in [-0.3, -0.25) is 29.4 Å². The second-order valence-corrected chi connectivity index (χ2v) is 9.59. The van der Waals surface area contributed by atoms with E-state index in [4.69, 9.17) is 0 Å². The van der Waals surface area contributed by atoms with Crippen molar-refractivity contribution in [3.63, 3.8) is 0 Å². The number of imide groups is 2. The number of piperidine rings is 3. The van der Waals surface area contributed by atoms with Gasteiger partial charge in [0.05, 0.1) is 11.1 Å². The number of benzene rings is 1. The zero-order chi connectivity index (χ0) is 22.9. The Labute approximate surface area is 193 Å². The van der Waals surface area contributed by atoms with Crippen LogP contribution in [0.15, 0.2) is 18.2 Å². The number of nitrogens with one attached hydrogen (secondary N) is 3. The van der Waals surface area contributed by atoms with Gasteiger partial charge in [-0.2, -0.15) is 0 Å². The van der Waals surface area contributed by atoms with Crippen LogP contribution in [0.25, 0.3) is 0 Å². The van der Waals surface area contributed by atoms with Crippen molar-refractivity contribution in [2.75, 3.05) is 38.0 Å². The first-order valence-corrected chi connectivity index (χ1v) is 12.1. The molecule has 4 amide bonds. The summed E-state index contributed by atoms with van der Waals surface area (Å²) in [6.45, 7) is 5.43. The molecule has 1 atom stereocenters. The maximum atomic E-state index is 13.3. The topological polar surface area (TPSA) is 111 Å². The van der Waals surface area contributed by atoms with Gasteiger partial charge in [-0.05, 0) is 63.2 Å². The third-order valence-corrected chi connectivity index (χ3v) is 7.39. The highest BCUT2D eigenvalue weighted by Gasteiger charge is 2.45. The Morgan fingerprint density at radius 3 is 2.42 bits per heavy atom. The summed E-state index contributed by atoms with van der Waals surface area (Å²) in [6.07, 6.45) is 4.73. The monoisotopic (exact) mass is 453 g/mol. The molecule has 0 aromatic heterocycles. The molecule has 0 bridgehead atoms. The highest BCUT2D eigenvalue weighted by molar-refractivity contribution is 6.25. The molecule has 4 heterocycles. The molecule has 9 heteroatoms. The van der Waals surface area contributed by atoms with Crippen LogP contribution in [0, 0.1) is 5.92 Å². The summed E-state index contributed by atoms with van der Waals surface area (Å²) in [5, 5.41) is 9.17. The van der Waals surface area contributed by atoms with Crippen molar-refractivity contribution in [3.8, 4) is 0 Å². The predicted octanol–water partition coefficient (Wildman–Crippen LogP) is 0.964. The van der Waals surface area contributed by atoms with Gasteiger partial charge in [-0.25, -0.2) is 0 Å². The number of fused-ring (bicyclic) bond motifs is 1. The van der Waals surface area contributed by atoms with Gasteiger partial charge < -0.3 is 15.5 Å². The molecule has 9 nitrogen and oxygen atoms in total. The molecule has 3 saturated heterocycles. The molecule has 4 aliphatic rings. The first kappa shape index (κ1) is 22.0. The summed E-state index contributed by atoms with van der Waals surface area (Å²) in [4.78, 5) is 53.6. The summed E-state index contributed by atoms with van der Waals surface area (Å²) in [6, 6.07) is 4.52. The molecule has 1 aromatic rings. The first-order valence-electron chi connectivity index (χ1n) is 12.1. The van der Waals surface area contributed by atoms with Crippen molar-refractivity contribution in [2.45, 2.75) is 50.6 Å². The van der Waals surface area contributed by atoms with Gasteiger partial charge in [0.25, 0.3) is 11.8 Å². The van der Waals surface area contributed by atoms with E-state index in [0.29, 0.717) is 16.8 Å². The number of carbonyl (C=O) groups excluding carboxylic acids is 4. The maximum Gasteiger partial charge on any atom is 0.264 e.